The van der Waals surface area contributed by atoms with Gasteiger partial charge in [-0.2, -0.15) is 5.10 Å². The number of fused-ring (bicyclic) bond motifs is 1. The number of hydrogen-bond donors (Lipinski definition) is 2. The van der Waals surface area contributed by atoms with Gasteiger partial charge in [0.1, 0.15) is 0 Å². The molecule has 0 aliphatic rings. The summed E-state index contributed by atoms with van der Waals surface area (Å²) in [5, 5.41) is 10.8. The lowest BCUT2D eigenvalue weighted by atomic mass is 10.2. The molecule has 0 bridgehead atoms. The topological polar surface area (TPSA) is 88.9 Å². The van der Waals surface area contributed by atoms with Crippen LogP contribution in [0.1, 0.15) is 25.5 Å². The normalized spacial score (nSPS) is 11.0. The number of carbonyl (C=O) groups excluding carboxylic acids is 2. The second kappa shape index (κ2) is 8.88. The Kier molecular flexibility index (Phi) is 6.30. The summed E-state index contributed by atoms with van der Waals surface area (Å²) in [4.78, 5) is 28.5. The molecule has 3 aromatic rings. The molecule has 2 N–H and O–H groups in total. The molecule has 3 rings (SSSR count). The highest BCUT2D eigenvalue weighted by Crippen LogP contribution is 2.19. The van der Waals surface area contributed by atoms with Gasteiger partial charge < -0.3 is 10.6 Å². The summed E-state index contributed by atoms with van der Waals surface area (Å²) < 4.78 is 1.84. The second-order valence-electron chi connectivity index (χ2n) is 6.78. The van der Waals surface area contributed by atoms with Crippen LogP contribution in [0.5, 0.6) is 0 Å². The van der Waals surface area contributed by atoms with Gasteiger partial charge in [0, 0.05) is 17.1 Å². The lowest BCUT2D eigenvalue weighted by Gasteiger charge is -2.08. The molecule has 0 saturated carbocycles. The summed E-state index contributed by atoms with van der Waals surface area (Å²) in [5.41, 5.74) is 3.24. The monoisotopic (exact) mass is 397 g/mol. The number of anilines is 2. The quantitative estimate of drug-likeness (QED) is 0.635. The lowest BCUT2D eigenvalue weighted by molar-refractivity contribution is -0.114. The van der Waals surface area contributed by atoms with Crippen LogP contribution in [0.15, 0.2) is 42.7 Å². The average molecular weight is 398 g/mol. The Morgan fingerprint density at radius 3 is 2.46 bits per heavy atom. The fourth-order valence-electron chi connectivity index (χ4n) is 2.74. The molecule has 0 spiro atoms. The SMILES string of the molecule is Cc1cccc(NC(=O)CSCC(=O)Nc2cnc3c(cnn3C(C)C)c2)c1. The molecule has 8 heteroatoms. The second-order valence-corrected chi connectivity index (χ2v) is 7.76. The maximum atomic E-state index is 12.1. The third kappa shape index (κ3) is 5.10. The number of aromatic nitrogens is 3. The number of hydrogen-bond acceptors (Lipinski definition) is 5. The van der Waals surface area contributed by atoms with Gasteiger partial charge in [0.05, 0.1) is 29.6 Å². The number of pyridine rings is 1. The Bertz CT molecular complexity index is 999. The number of thioether (sulfide) groups is 1. The maximum absolute atomic E-state index is 12.1. The number of benzene rings is 1. The van der Waals surface area contributed by atoms with Crippen molar-refractivity contribution in [3.05, 3.63) is 48.3 Å². The molecule has 28 heavy (non-hydrogen) atoms. The fraction of sp³-hybridized carbons (Fsp3) is 0.300. The van der Waals surface area contributed by atoms with E-state index in [0.29, 0.717) is 5.69 Å². The van der Waals surface area contributed by atoms with Crippen LogP contribution in [0, 0.1) is 6.92 Å². The molecule has 0 radical (unpaired) electrons. The first-order valence-corrected chi connectivity index (χ1v) is 10.1. The van der Waals surface area contributed by atoms with Crippen LogP contribution >= 0.6 is 11.8 Å². The minimum atomic E-state index is -0.175. The minimum Gasteiger partial charge on any atom is -0.325 e. The fourth-order valence-corrected chi connectivity index (χ4v) is 3.36. The van der Waals surface area contributed by atoms with E-state index in [1.165, 1.54) is 11.8 Å². The predicted octanol–water partition coefficient (Wildman–Crippen LogP) is 3.63. The Labute approximate surface area is 167 Å². The molecule has 2 amide bonds. The van der Waals surface area contributed by atoms with Crippen molar-refractivity contribution < 1.29 is 9.59 Å². The average Bonchev–Trinajstić information content (AvgIpc) is 3.05. The number of carbonyl (C=O) groups is 2. The predicted molar refractivity (Wildman–Crippen MR) is 114 cm³/mol. The summed E-state index contributed by atoms with van der Waals surface area (Å²) in [6.07, 6.45) is 3.36. The van der Waals surface area contributed by atoms with Crippen LogP contribution in [0.3, 0.4) is 0 Å². The first-order valence-electron chi connectivity index (χ1n) is 9.00. The van der Waals surface area contributed by atoms with E-state index in [1.54, 1.807) is 12.4 Å². The van der Waals surface area contributed by atoms with Crippen LogP contribution in [0.2, 0.25) is 0 Å². The van der Waals surface area contributed by atoms with Gasteiger partial charge in [0.25, 0.3) is 0 Å². The molecule has 2 heterocycles. The van der Waals surface area contributed by atoms with E-state index >= 15 is 0 Å². The highest BCUT2D eigenvalue weighted by Gasteiger charge is 2.10. The van der Waals surface area contributed by atoms with Gasteiger partial charge in [-0.25, -0.2) is 9.67 Å². The summed E-state index contributed by atoms with van der Waals surface area (Å²) in [6, 6.07) is 9.66. The van der Waals surface area contributed by atoms with Gasteiger partial charge in [-0.05, 0) is 44.5 Å². The van der Waals surface area contributed by atoms with E-state index in [1.807, 2.05) is 55.8 Å². The lowest BCUT2D eigenvalue weighted by Crippen LogP contribution is -2.18. The van der Waals surface area contributed by atoms with Crippen molar-refractivity contribution in [1.29, 1.82) is 0 Å². The summed E-state index contributed by atoms with van der Waals surface area (Å²) in [7, 11) is 0. The molecule has 0 unspecified atom stereocenters. The van der Waals surface area contributed by atoms with Crippen LogP contribution in [-0.4, -0.2) is 38.1 Å². The summed E-state index contributed by atoms with van der Waals surface area (Å²) in [5.74, 6) is 0.0861. The molecule has 0 saturated heterocycles. The van der Waals surface area contributed by atoms with Crippen molar-refractivity contribution in [2.24, 2.45) is 0 Å². The van der Waals surface area contributed by atoms with Crippen LogP contribution in [0.25, 0.3) is 11.0 Å². The molecule has 0 aliphatic heterocycles. The molecule has 146 valence electrons. The molecule has 2 aromatic heterocycles. The highest BCUT2D eigenvalue weighted by atomic mass is 32.2. The largest absolute Gasteiger partial charge is 0.325 e. The van der Waals surface area contributed by atoms with Crippen LogP contribution < -0.4 is 10.6 Å². The molecule has 0 aliphatic carbocycles. The van der Waals surface area contributed by atoms with Crippen molar-refractivity contribution in [3.8, 4) is 0 Å². The van der Waals surface area contributed by atoms with Crippen molar-refractivity contribution in [1.82, 2.24) is 14.8 Å². The Hall–Kier alpha value is -2.87. The first kappa shape index (κ1) is 19.9. The van der Waals surface area contributed by atoms with E-state index in [0.717, 1.165) is 22.3 Å². The van der Waals surface area contributed by atoms with Crippen molar-refractivity contribution in [3.63, 3.8) is 0 Å². The maximum Gasteiger partial charge on any atom is 0.234 e. The van der Waals surface area contributed by atoms with Crippen LogP contribution in [-0.2, 0) is 9.59 Å². The van der Waals surface area contributed by atoms with Crippen LogP contribution in [0.4, 0.5) is 11.4 Å². The number of amides is 2. The van der Waals surface area contributed by atoms with Crippen molar-refractivity contribution in [2.75, 3.05) is 22.1 Å². The van der Waals surface area contributed by atoms with Crippen molar-refractivity contribution >= 4 is 46.0 Å². The van der Waals surface area contributed by atoms with Gasteiger partial charge in [0.2, 0.25) is 11.8 Å². The Morgan fingerprint density at radius 1 is 1.07 bits per heavy atom. The zero-order valence-electron chi connectivity index (χ0n) is 16.1. The first-order chi connectivity index (χ1) is 13.4. The van der Waals surface area contributed by atoms with Gasteiger partial charge in [-0.1, -0.05) is 12.1 Å². The smallest absolute Gasteiger partial charge is 0.234 e. The zero-order chi connectivity index (χ0) is 20.1. The molecule has 1 aromatic carbocycles. The van der Waals surface area contributed by atoms with E-state index in [-0.39, 0.29) is 29.4 Å². The summed E-state index contributed by atoms with van der Waals surface area (Å²) in [6.45, 7) is 6.04. The molecule has 0 fully saturated rings. The highest BCUT2D eigenvalue weighted by molar-refractivity contribution is 8.00. The van der Waals surface area contributed by atoms with E-state index in [9.17, 15) is 9.59 Å². The van der Waals surface area contributed by atoms with E-state index in [4.69, 9.17) is 0 Å². The van der Waals surface area contributed by atoms with Gasteiger partial charge in [0.15, 0.2) is 5.65 Å². The number of aryl methyl sites for hydroxylation is 1. The molecule has 0 atom stereocenters. The Balaban J connectivity index is 1.47. The minimum absolute atomic E-state index is 0.132. The molecular weight excluding hydrogens is 374 g/mol. The zero-order valence-corrected chi connectivity index (χ0v) is 16.9. The van der Waals surface area contributed by atoms with Gasteiger partial charge in [-0.3, -0.25) is 9.59 Å². The molecule has 7 nitrogen and oxygen atoms in total. The van der Waals surface area contributed by atoms with E-state index in [2.05, 4.69) is 20.7 Å². The third-order valence-corrected chi connectivity index (χ3v) is 4.91. The van der Waals surface area contributed by atoms with Gasteiger partial charge in [-0.15, -0.1) is 11.8 Å². The van der Waals surface area contributed by atoms with E-state index < -0.39 is 0 Å². The Morgan fingerprint density at radius 2 is 1.79 bits per heavy atom. The molecular formula is C20H23N5O2S. The van der Waals surface area contributed by atoms with Crippen molar-refractivity contribution in [2.45, 2.75) is 26.8 Å². The number of nitrogens with one attached hydrogen (secondary N) is 2. The number of rotatable bonds is 7. The standard InChI is InChI=1S/C20H23N5O2S/c1-13(2)25-20-15(9-22-25)8-17(10-21-20)24-19(27)12-28-11-18(26)23-16-6-4-5-14(3)7-16/h4-10,13H,11-12H2,1-3H3,(H,23,26)(H,24,27). The third-order valence-electron chi connectivity index (χ3n) is 3.97. The number of nitrogens with zero attached hydrogens (tertiary/aromatic N) is 3. The summed E-state index contributed by atoms with van der Waals surface area (Å²) >= 11 is 1.26. The van der Waals surface area contributed by atoms with Gasteiger partial charge >= 0.3 is 0 Å².